The molecule has 312 valence electrons. The third-order valence-corrected chi connectivity index (χ3v) is 7.98. The van der Waals surface area contributed by atoms with E-state index in [0.717, 1.165) is 24.6 Å². The normalized spacial score (nSPS) is 19.7. The number of halogens is 2. The van der Waals surface area contributed by atoms with E-state index in [0.29, 0.717) is 0 Å². The van der Waals surface area contributed by atoms with Gasteiger partial charge in [0.15, 0.2) is 0 Å². The second-order valence-electron chi connectivity index (χ2n) is 9.90. The van der Waals surface area contributed by atoms with Crippen LogP contribution in [0.3, 0.4) is 0 Å². The maximum absolute atomic E-state index is 7.50. The number of hydrogen-bond acceptors (Lipinski definition) is 0. The second-order valence-corrected chi connectivity index (χ2v) is 33.0. The Kier molecular flexibility index (Phi) is 96.5. The number of rotatable bonds is 4. The van der Waals surface area contributed by atoms with Crippen LogP contribution in [0.1, 0.15) is 0 Å². The average molecular weight is 1420 g/mol. The first-order valence-electron chi connectivity index (χ1n) is 16.7. The summed E-state index contributed by atoms with van der Waals surface area (Å²) in [6.07, 6.45) is 77.7. The van der Waals surface area contributed by atoms with Crippen LogP contribution in [-0.2, 0) is 88.8 Å². The van der Waals surface area contributed by atoms with Gasteiger partial charge in [-0.05, 0) is 279 Å². The summed E-state index contributed by atoms with van der Waals surface area (Å²) in [6, 6.07) is 0. The van der Waals surface area contributed by atoms with Crippen molar-refractivity contribution in [3.8, 4) is 0 Å². The quantitative estimate of drug-likeness (QED) is 0.0885. The van der Waals surface area contributed by atoms with Crippen LogP contribution in [0, 0.1) is 268 Å². The van der Waals surface area contributed by atoms with Gasteiger partial charge in [0.1, 0.15) is 0 Å². The van der Waals surface area contributed by atoms with Crippen LogP contribution in [0.5, 0.6) is 0 Å². The van der Waals surface area contributed by atoms with E-state index < -0.39 is 0 Å². The molecule has 0 aromatic rings. The first kappa shape index (κ1) is 78.6. The molecule has 8 aliphatic carbocycles. The Balaban J connectivity index is -0.000000102. The molecule has 0 bridgehead atoms. The van der Waals surface area contributed by atoms with Gasteiger partial charge in [-0.2, -0.15) is 0 Å². The zero-order valence-corrected chi connectivity index (χ0v) is 48.6. The third kappa shape index (κ3) is 63.4. The van der Waals surface area contributed by atoms with Gasteiger partial charge in [0.05, 0.1) is 0 Å². The summed E-state index contributed by atoms with van der Waals surface area (Å²) in [6.45, 7) is 9.00. The van der Waals surface area contributed by atoms with Crippen LogP contribution >= 0.6 is 75.7 Å². The van der Waals surface area contributed by atoms with E-state index in [2.05, 4.69) is 192 Å². The van der Waals surface area contributed by atoms with Crippen LogP contribution in [0.25, 0.3) is 0 Å². The Morgan fingerprint density at radius 2 is 0.373 bits per heavy atom. The van der Waals surface area contributed by atoms with Gasteiger partial charge >= 0.3 is 141 Å². The Hall–Kier alpha value is 5.43. The first-order chi connectivity index (χ1) is 27.1. The van der Waals surface area contributed by atoms with E-state index in [4.69, 9.17) is 9.30 Å². The molecule has 2 nitrogen and oxygen atoms in total. The van der Waals surface area contributed by atoms with Gasteiger partial charge in [0.25, 0.3) is 0 Å². The van der Waals surface area contributed by atoms with Gasteiger partial charge < -0.3 is 0 Å². The molecule has 13 heteroatoms. The molecule has 8 aliphatic rings. The first-order valence-corrected chi connectivity index (χ1v) is 36.6. The van der Waals surface area contributed by atoms with E-state index in [1.54, 1.807) is 0 Å². The van der Waals surface area contributed by atoms with E-state index in [1.807, 2.05) is 128 Å². The van der Waals surface area contributed by atoms with Gasteiger partial charge in [0, 0.05) is 0 Å². The fraction of sp³-hybridized carbons (Fsp3) is 0.0870. The fourth-order valence-electron chi connectivity index (χ4n) is 3.48. The monoisotopic (exact) mass is 1420 g/mol. The molecule has 0 aromatic carbocycles. The Bertz CT molecular complexity index is 577. The van der Waals surface area contributed by atoms with Crippen molar-refractivity contribution in [1.82, 2.24) is 0 Å². The Morgan fingerprint density at radius 3 is 0.424 bits per heavy atom. The van der Waals surface area contributed by atoms with E-state index >= 15 is 0 Å². The molecular formula is C46H52Fe4I2O2P4W+8. The molecule has 0 amide bonds. The SMILES string of the molecule is PC[C]1[CH][CH][CH][CH]1.PC[C]1[CH][CH][CH][CH]1.PC[C]1[CH][CH][CH][CH]1.PC[C]1[CH][CH][CH][CH]1.[C-]#[O+].[C-]#[O+].[CH]1[CH][CH][CH][CH]1.[CH]1[CH][CH][CH][CH]1.[CH]1[CH][CH][CH][CH]1.[CH]1[CH][CH][CH][CH]1.[Fe+2].[Fe+2].[Fe+2].[Fe+2].[I][W][I]. The topological polar surface area (TPSA) is 39.8 Å². The van der Waals surface area contributed by atoms with E-state index in [9.17, 15) is 0 Å². The van der Waals surface area contributed by atoms with Crippen LogP contribution in [0.4, 0.5) is 0 Å². The molecule has 0 N–H and O–H groups in total. The van der Waals surface area contributed by atoms with E-state index in [-0.39, 0.29) is 79.5 Å². The van der Waals surface area contributed by atoms with Gasteiger partial charge in [-0.3, -0.25) is 0 Å². The second kappa shape index (κ2) is 72.4. The molecule has 0 aromatic heterocycles. The van der Waals surface area contributed by atoms with Crippen molar-refractivity contribution in [3.05, 3.63) is 268 Å². The van der Waals surface area contributed by atoms with E-state index in [1.165, 1.54) is 23.7 Å². The van der Waals surface area contributed by atoms with Crippen LogP contribution in [0.2, 0.25) is 0 Å². The molecule has 40 radical (unpaired) electrons. The van der Waals surface area contributed by atoms with Crippen molar-refractivity contribution < 1.29 is 88.8 Å². The van der Waals surface area contributed by atoms with Crippen molar-refractivity contribution in [3.63, 3.8) is 0 Å². The van der Waals surface area contributed by atoms with Gasteiger partial charge in [-0.15, -0.1) is 37.0 Å². The van der Waals surface area contributed by atoms with Crippen molar-refractivity contribution in [1.29, 1.82) is 0 Å². The predicted molar refractivity (Wildman–Crippen MR) is 262 cm³/mol. The summed E-state index contributed by atoms with van der Waals surface area (Å²) in [5.41, 5.74) is 0. The molecule has 8 saturated carbocycles. The molecule has 0 saturated heterocycles. The molecule has 8 fully saturated rings. The fourth-order valence-corrected chi connectivity index (χ4v) is 4.57. The van der Waals surface area contributed by atoms with Crippen LogP contribution in [0.15, 0.2) is 0 Å². The molecular weight excluding hydrogens is 1370 g/mol. The minimum atomic E-state index is 0. The Labute approximate surface area is 451 Å². The van der Waals surface area contributed by atoms with Crippen molar-refractivity contribution in [2.24, 2.45) is 0 Å². The summed E-state index contributed by atoms with van der Waals surface area (Å²) in [7, 11) is 10.7. The average Bonchev–Trinajstić information content (AvgIpc) is 4.14. The molecule has 4 unspecified atom stereocenters. The van der Waals surface area contributed by atoms with Crippen molar-refractivity contribution in [2.75, 3.05) is 24.6 Å². The van der Waals surface area contributed by atoms with Crippen molar-refractivity contribution >= 4 is 75.7 Å². The van der Waals surface area contributed by atoms with Crippen LogP contribution in [-0.4, -0.2) is 24.6 Å². The van der Waals surface area contributed by atoms with Crippen LogP contribution < -0.4 is 0 Å². The molecule has 8 rings (SSSR count). The molecule has 59 heavy (non-hydrogen) atoms. The molecule has 0 aliphatic heterocycles. The minimum absolute atomic E-state index is 0. The zero-order valence-electron chi connectivity index (χ0n) is 32.3. The summed E-state index contributed by atoms with van der Waals surface area (Å²) >= 11 is 5.07. The third-order valence-electron chi connectivity index (χ3n) is 6.09. The predicted octanol–water partition coefficient (Wildman–Crippen LogP) is 10.8. The summed E-state index contributed by atoms with van der Waals surface area (Å²) in [5, 5.41) is 0. The summed E-state index contributed by atoms with van der Waals surface area (Å²) in [5.74, 6) is 5.57. The molecule has 4 atom stereocenters. The van der Waals surface area contributed by atoms with Crippen molar-refractivity contribution in [2.45, 2.75) is 0 Å². The zero-order chi connectivity index (χ0) is 41.3. The van der Waals surface area contributed by atoms with Gasteiger partial charge in [-0.1, -0.05) is 0 Å². The Morgan fingerprint density at radius 1 is 0.288 bits per heavy atom. The molecule has 0 heterocycles. The molecule has 0 spiro atoms. The maximum atomic E-state index is 7.50. The number of hydrogen-bond donors (Lipinski definition) is 0. The summed E-state index contributed by atoms with van der Waals surface area (Å²) in [4.78, 5) is 0. The standard InChI is InChI=1S/4C6H8P.4C5H5.2CO.4Fe.2HI.W/c4*7-5-6-3-1-2-4-6;4*1-2-4-5-3-1;2*1-2;;;;;;;/h4*1-4H,5,7H2;4*1-5H;;;;;;;2*1H;/q;;;;;;;;;;4*+2;;;+2/p-2. The van der Waals surface area contributed by atoms with Gasteiger partial charge in [0.2, 0.25) is 0 Å². The summed E-state index contributed by atoms with van der Waals surface area (Å²) < 4.78 is 15.0. The van der Waals surface area contributed by atoms with Gasteiger partial charge in [-0.25, -0.2) is 0 Å².